The average molecular weight is 246 g/mol. The molecule has 0 aliphatic heterocycles. The van der Waals surface area contributed by atoms with Gasteiger partial charge in [-0.1, -0.05) is 12.1 Å². The van der Waals surface area contributed by atoms with E-state index in [1.54, 1.807) is 19.2 Å². The lowest BCUT2D eigenvalue weighted by Crippen LogP contribution is -2.34. The van der Waals surface area contributed by atoms with Crippen LogP contribution in [0.4, 0.5) is 5.69 Å². The topological polar surface area (TPSA) is 50.4 Å². The van der Waals surface area contributed by atoms with E-state index in [0.29, 0.717) is 17.9 Å². The standard InChI is InChI=1S/C14H18N2O2/c1-4-7-11(2)15-10-14(17)16-12-8-5-6-9-13(12)18-3/h1,5-6,8-9,11,15H,7,10H2,2-3H3,(H,16,17). The normalized spacial score (nSPS) is 11.4. The first-order chi connectivity index (χ1) is 8.67. The Bertz CT molecular complexity index is 438. The molecule has 0 spiro atoms. The van der Waals surface area contributed by atoms with Gasteiger partial charge in [-0.25, -0.2) is 0 Å². The molecule has 2 N–H and O–H groups in total. The van der Waals surface area contributed by atoms with Crippen molar-refractivity contribution in [2.75, 3.05) is 19.0 Å². The van der Waals surface area contributed by atoms with Gasteiger partial charge in [0.05, 0.1) is 19.3 Å². The van der Waals surface area contributed by atoms with Gasteiger partial charge in [0.25, 0.3) is 0 Å². The molecule has 0 bridgehead atoms. The Labute approximate surface area is 108 Å². The molecule has 0 saturated carbocycles. The van der Waals surface area contributed by atoms with Crippen LogP contribution < -0.4 is 15.4 Å². The number of anilines is 1. The Kier molecular flexibility index (Phi) is 5.75. The van der Waals surface area contributed by atoms with E-state index in [0.717, 1.165) is 0 Å². The van der Waals surface area contributed by atoms with E-state index in [9.17, 15) is 4.79 Å². The van der Waals surface area contributed by atoms with E-state index in [-0.39, 0.29) is 18.5 Å². The van der Waals surface area contributed by atoms with Crippen molar-refractivity contribution in [3.8, 4) is 18.1 Å². The third-order valence-electron chi connectivity index (χ3n) is 2.42. The number of hydrogen-bond acceptors (Lipinski definition) is 3. The molecule has 1 amide bonds. The third-order valence-corrected chi connectivity index (χ3v) is 2.42. The number of amides is 1. The third kappa shape index (κ3) is 4.48. The van der Waals surface area contributed by atoms with E-state index in [2.05, 4.69) is 16.6 Å². The molecule has 0 aliphatic carbocycles. The number of benzene rings is 1. The highest BCUT2D eigenvalue weighted by Gasteiger charge is 2.07. The number of ether oxygens (including phenoxy) is 1. The summed E-state index contributed by atoms with van der Waals surface area (Å²) in [6.07, 6.45) is 5.79. The summed E-state index contributed by atoms with van der Waals surface area (Å²) in [7, 11) is 1.57. The lowest BCUT2D eigenvalue weighted by molar-refractivity contribution is -0.115. The van der Waals surface area contributed by atoms with Crippen LogP contribution >= 0.6 is 0 Å². The highest BCUT2D eigenvalue weighted by Crippen LogP contribution is 2.22. The molecule has 0 heterocycles. The summed E-state index contributed by atoms with van der Waals surface area (Å²) in [5.41, 5.74) is 0.663. The fraction of sp³-hybridized carbons (Fsp3) is 0.357. The lowest BCUT2D eigenvalue weighted by Gasteiger charge is -2.12. The maximum atomic E-state index is 11.7. The molecule has 4 heteroatoms. The number of para-hydroxylation sites is 2. The van der Waals surface area contributed by atoms with E-state index < -0.39 is 0 Å². The van der Waals surface area contributed by atoms with E-state index in [1.807, 2.05) is 19.1 Å². The van der Waals surface area contributed by atoms with E-state index >= 15 is 0 Å². The summed E-state index contributed by atoms with van der Waals surface area (Å²) in [5.74, 6) is 3.06. The van der Waals surface area contributed by atoms with Crippen molar-refractivity contribution in [3.63, 3.8) is 0 Å². The Balaban J connectivity index is 2.47. The molecule has 0 radical (unpaired) electrons. The molecule has 0 aliphatic rings. The van der Waals surface area contributed by atoms with Gasteiger partial charge in [-0.15, -0.1) is 12.3 Å². The Morgan fingerprint density at radius 1 is 1.50 bits per heavy atom. The van der Waals surface area contributed by atoms with Crippen LogP contribution in [0.25, 0.3) is 0 Å². The SMILES string of the molecule is C#CCC(C)NCC(=O)Nc1ccccc1OC. The predicted octanol–water partition coefficient (Wildman–Crippen LogP) is 1.64. The number of hydrogen-bond donors (Lipinski definition) is 2. The fourth-order valence-corrected chi connectivity index (χ4v) is 1.46. The van der Waals surface area contributed by atoms with Crippen molar-refractivity contribution in [2.45, 2.75) is 19.4 Å². The van der Waals surface area contributed by atoms with Crippen LogP contribution in [-0.2, 0) is 4.79 Å². The number of methoxy groups -OCH3 is 1. The zero-order chi connectivity index (χ0) is 13.4. The Hall–Kier alpha value is -1.99. The molecule has 0 saturated heterocycles. The summed E-state index contributed by atoms with van der Waals surface area (Å²) in [6, 6.07) is 7.40. The summed E-state index contributed by atoms with van der Waals surface area (Å²) in [4.78, 5) is 11.7. The second kappa shape index (κ2) is 7.36. The molecule has 96 valence electrons. The first-order valence-corrected chi connectivity index (χ1v) is 5.77. The number of nitrogens with one attached hydrogen (secondary N) is 2. The van der Waals surface area contributed by atoms with Gasteiger partial charge in [0.1, 0.15) is 5.75 Å². The Morgan fingerprint density at radius 3 is 2.89 bits per heavy atom. The smallest absolute Gasteiger partial charge is 0.238 e. The molecular weight excluding hydrogens is 228 g/mol. The minimum atomic E-state index is -0.122. The molecule has 1 aromatic rings. The Morgan fingerprint density at radius 2 is 2.22 bits per heavy atom. The minimum absolute atomic E-state index is 0.122. The molecule has 4 nitrogen and oxygen atoms in total. The summed E-state index contributed by atoms with van der Waals surface area (Å²) in [5, 5.41) is 5.83. The van der Waals surface area contributed by atoms with Crippen LogP contribution in [0, 0.1) is 12.3 Å². The van der Waals surface area contributed by atoms with E-state index in [4.69, 9.17) is 11.2 Å². The lowest BCUT2D eigenvalue weighted by atomic mass is 10.2. The monoisotopic (exact) mass is 246 g/mol. The van der Waals surface area contributed by atoms with Crippen molar-refractivity contribution in [1.82, 2.24) is 5.32 Å². The molecular formula is C14H18N2O2. The van der Waals surface area contributed by atoms with Crippen LogP contribution in [0.3, 0.4) is 0 Å². The molecule has 0 fully saturated rings. The number of carbonyl (C=O) groups excluding carboxylic acids is 1. The molecule has 1 atom stereocenters. The van der Waals surface area contributed by atoms with Crippen LogP contribution in [0.1, 0.15) is 13.3 Å². The fourth-order valence-electron chi connectivity index (χ4n) is 1.46. The quantitative estimate of drug-likeness (QED) is 0.750. The van der Waals surface area contributed by atoms with Crippen LogP contribution in [-0.4, -0.2) is 25.6 Å². The zero-order valence-corrected chi connectivity index (χ0v) is 10.7. The predicted molar refractivity (Wildman–Crippen MR) is 72.5 cm³/mol. The van der Waals surface area contributed by atoms with Gasteiger partial charge in [-0.05, 0) is 19.1 Å². The summed E-state index contributed by atoms with van der Waals surface area (Å²) in [6.45, 7) is 2.16. The first-order valence-electron chi connectivity index (χ1n) is 5.77. The highest BCUT2D eigenvalue weighted by atomic mass is 16.5. The highest BCUT2D eigenvalue weighted by molar-refractivity contribution is 5.93. The van der Waals surface area contributed by atoms with Crippen LogP contribution in [0.2, 0.25) is 0 Å². The van der Waals surface area contributed by atoms with Gasteiger partial charge in [0, 0.05) is 12.5 Å². The number of terminal acetylenes is 1. The second-order valence-corrected chi connectivity index (χ2v) is 3.94. The number of rotatable bonds is 6. The van der Waals surface area contributed by atoms with E-state index in [1.165, 1.54) is 0 Å². The van der Waals surface area contributed by atoms with Crippen molar-refractivity contribution in [2.24, 2.45) is 0 Å². The van der Waals surface area contributed by atoms with Crippen molar-refractivity contribution in [1.29, 1.82) is 0 Å². The number of carbonyl (C=O) groups is 1. The van der Waals surface area contributed by atoms with Crippen molar-refractivity contribution in [3.05, 3.63) is 24.3 Å². The summed E-state index contributed by atoms with van der Waals surface area (Å²) >= 11 is 0. The maximum Gasteiger partial charge on any atom is 0.238 e. The molecule has 18 heavy (non-hydrogen) atoms. The van der Waals surface area contributed by atoms with Crippen LogP contribution in [0.15, 0.2) is 24.3 Å². The minimum Gasteiger partial charge on any atom is -0.495 e. The molecule has 1 aromatic carbocycles. The second-order valence-electron chi connectivity index (χ2n) is 3.94. The maximum absolute atomic E-state index is 11.7. The molecule has 1 unspecified atom stereocenters. The first kappa shape index (κ1) is 14.1. The van der Waals surface area contributed by atoms with Gasteiger partial charge in [0.15, 0.2) is 0 Å². The van der Waals surface area contributed by atoms with Crippen molar-refractivity contribution < 1.29 is 9.53 Å². The largest absolute Gasteiger partial charge is 0.495 e. The van der Waals surface area contributed by atoms with Gasteiger partial charge in [-0.3, -0.25) is 4.79 Å². The average Bonchev–Trinajstić information content (AvgIpc) is 2.37. The van der Waals surface area contributed by atoms with Gasteiger partial charge >= 0.3 is 0 Å². The van der Waals surface area contributed by atoms with Gasteiger partial charge < -0.3 is 15.4 Å². The van der Waals surface area contributed by atoms with Crippen LogP contribution in [0.5, 0.6) is 5.75 Å². The molecule has 1 rings (SSSR count). The van der Waals surface area contributed by atoms with Crippen molar-refractivity contribution >= 4 is 11.6 Å². The zero-order valence-electron chi connectivity index (χ0n) is 10.7. The van der Waals surface area contributed by atoms with Gasteiger partial charge in [-0.2, -0.15) is 0 Å². The summed E-state index contributed by atoms with van der Waals surface area (Å²) < 4.78 is 5.15. The van der Waals surface area contributed by atoms with Gasteiger partial charge in [0.2, 0.25) is 5.91 Å². The molecule has 0 aromatic heterocycles.